The fourth-order valence-electron chi connectivity index (χ4n) is 6.14. The average molecular weight is 541 g/mol. The molecule has 1 aliphatic heterocycles. The van der Waals surface area contributed by atoms with Crippen LogP contribution in [0.25, 0.3) is 0 Å². The molecule has 3 nitrogen and oxygen atoms in total. The summed E-state index contributed by atoms with van der Waals surface area (Å²) in [5.41, 5.74) is 1.36. The molecule has 0 N–H and O–H groups in total. The normalized spacial score (nSPS) is 16.2. The standard InChI is InChI=1S/C36H64N2O/c1-3-4-5-6-7-8-9-10-11-12-13-14-15-16-17-18-19-20-21-22-26-29-36(39)38-31-30-37(34(2)32-38)33-35-27-24-23-25-28-35/h23-25,27-28,34H,3-22,26,29-33H2,1-2H3. The summed E-state index contributed by atoms with van der Waals surface area (Å²) in [4.78, 5) is 17.3. The third kappa shape index (κ3) is 17.2. The van der Waals surface area contributed by atoms with E-state index in [2.05, 4.69) is 54.0 Å². The van der Waals surface area contributed by atoms with Crippen molar-refractivity contribution in [3.8, 4) is 0 Å². The molecule has 1 aromatic carbocycles. The van der Waals surface area contributed by atoms with E-state index >= 15 is 0 Å². The van der Waals surface area contributed by atoms with Crippen molar-refractivity contribution in [1.82, 2.24) is 9.80 Å². The Labute approximate surface area is 243 Å². The molecule has 1 unspecified atom stereocenters. The number of nitrogens with zero attached hydrogens (tertiary/aromatic N) is 2. The number of hydrogen-bond donors (Lipinski definition) is 0. The lowest BCUT2D eigenvalue weighted by Gasteiger charge is -2.40. The van der Waals surface area contributed by atoms with Crippen LogP contribution in [0.1, 0.15) is 161 Å². The first-order chi connectivity index (χ1) is 19.2. The SMILES string of the molecule is CCCCCCCCCCCCCCCCCCCCCCCC(=O)N1CCN(Cc2ccccc2)C(C)C1. The van der Waals surface area contributed by atoms with Gasteiger partial charge in [0.2, 0.25) is 5.91 Å². The third-order valence-electron chi connectivity index (χ3n) is 8.84. The van der Waals surface area contributed by atoms with Gasteiger partial charge in [0.15, 0.2) is 0 Å². The van der Waals surface area contributed by atoms with Crippen molar-refractivity contribution >= 4 is 5.91 Å². The molecule has 1 amide bonds. The van der Waals surface area contributed by atoms with Crippen LogP contribution in [0, 0.1) is 0 Å². The fraction of sp³-hybridized carbons (Fsp3) is 0.806. The van der Waals surface area contributed by atoms with E-state index in [0.29, 0.717) is 11.9 Å². The number of piperazine rings is 1. The third-order valence-corrected chi connectivity index (χ3v) is 8.84. The number of carbonyl (C=O) groups is 1. The van der Waals surface area contributed by atoms with Crippen molar-refractivity contribution in [2.45, 2.75) is 168 Å². The molecule has 3 heteroatoms. The van der Waals surface area contributed by atoms with E-state index in [1.165, 1.54) is 134 Å². The van der Waals surface area contributed by atoms with Gasteiger partial charge in [-0.05, 0) is 18.9 Å². The minimum Gasteiger partial charge on any atom is -0.340 e. The number of unbranched alkanes of at least 4 members (excludes halogenated alkanes) is 20. The molecular weight excluding hydrogens is 476 g/mol. The molecule has 224 valence electrons. The molecule has 1 saturated heterocycles. The average Bonchev–Trinajstić information content (AvgIpc) is 2.95. The largest absolute Gasteiger partial charge is 0.340 e. The molecule has 39 heavy (non-hydrogen) atoms. The summed E-state index contributed by atoms with van der Waals surface area (Å²) in [6, 6.07) is 11.1. The zero-order valence-corrected chi connectivity index (χ0v) is 26.2. The van der Waals surface area contributed by atoms with E-state index in [-0.39, 0.29) is 0 Å². The fourth-order valence-corrected chi connectivity index (χ4v) is 6.14. The van der Waals surface area contributed by atoms with E-state index < -0.39 is 0 Å². The number of benzene rings is 1. The number of carbonyl (C=O) groups excluding carboxylic acids is 1. The first-order valence-corrected chi connectivity index (χ1v) is 17.3. The zero-order valence-electron chi connectivity index (χ0n) is 26.2. The van der Waals surface area contributed by atoms with Crippen molar-refractivity contribution in [2.24, 2.45) is 0 Å². The summed E-state index contributed by atoms with van der Waals surface area (Å²) in [6.07, 6.45) is 30.2. The Kier molecular flexibility index (Phi) is 20.3. The van der Waals surface area contributed by atoms with E-state index in [1.807, 2.05) is 0 Å². The minimum absolute atomic E-state index is 0.374. The highest BCUT2D eigenvalue weighted by atomic mass is 16.2. The van der Waals surface area contributed by atoms with Gasteiger partial charge in [-0.15, -0.1) is 0 Å². The molecule has 1 atom stereocenters. The maximum absolute atomic E-state index is 12.7. The zero-order chi connectivity index (χ0) is 27.8. The van der Waals surface area contributed by atoms with E-state index in [9.17, 15) is 4.79 Å². The molecule has 0 radical (unpaired) electrons. The van der Waals surface area contributed by atoms with Gasteiger partial charge in [-0.1, -0.05) is 166 Å². The second kappa shape index (κ2) is 23.4. The second-order valence-corrected chi connectivity index (χ2v) is 12.5. The second-order valence-electron chi connectivity index (χ2n) is 12.5. The molecular formula is C36H64N2O. The predicted molar refractivity (Wildman–Crippen MR) is 170 cm³/mol. The highest BCUT2D eigenvalue weighted by Gasteiger charge is 2.26. The molecule has 0 bridgehead atoms. The van der Waals surface area contributed by atoms with Gasteiger partial charge in [0.25, 0.3) is 0 Å². The lowest BCUT2D eigenvalue weighted by atomic mass is 10.0. The van der Waals surface area contributed by atoms with Crippen molar-refractivity contribution in [1.29, 1.82) is 0 Å². The number of rotatable bonds is 24. The number of amides is 1. The molecule has 0 aliphatic carbocycles. The van der Waals surface area contributed by atoms with Crippen LogP contribution in [0.5, 0.6) is 0 Å². The monoisotopic (exact) mass is 541 g/mol. The smallest absolute Gasteiger partial charge is 0.222 e. The van der Waals surface area contributed by atoms with Gasteiger partial charge < -0.3 is 4.90 Å². The summed E-state index contributed by atoms with van der Waals surface area (Å²) in [7, 11) is 0. The molecule has 2 rings (SSSR count). The Balaban J connectivity index is 1.30. The van der Waals surface area contributed by atoms with Gasteiger partial charge in [0, 0.05) is 38.6 Å². The van der Waals surface area contributed by atoms with Crippen LogP contribution in [0.4, 0.5) is 0 Å². The van der Waals surface area contributed by atoms with Crippen LogP contribution in [0.15, 0.2) is 30.3 Å². The summed E-state index contributed by atoms with van der Waals surface area (Å²) < 4.78 is 0. The molecule has 0 aromatic heterocycles. The van der Waals surface area contributed by atoms with E-state index in [1.54, 1.807) is 0 Å². The molecule has 1 aliphatic rings. The van der Waals surface area contributed by atoms with Gasteiger partial charge in [0.1, 0.15) is 0 Å². The van der Waals surface area contributed by atoms with Gasteiger partial charge >= 0.3 is 0 Å². The summed E-state index contributed by atoms with van der Waals surface area (Å²) in [5, 5.41) is 0. The number of hydrogen-bond acceptors (Lipinski definition) is 2. The Morgan fingerprint density at radius 3 is 1.51 bits per heavy atom. The molecule has 0 spiro atoms. The Bertz CT molecular complexity index is 691. The van der Waals surface area contributed by atoms with Crippen molar-refractivity contribution < 1.29 is 4.79 Å². The lowest BCUT2D eigenvalue weighted by Crippen LogP contribution is -2.53. The Morgan fingerprint density at radius 1 is 0.641 bits per heavy atom. The van der Waals surface area contributed by atoms with Crippen LogP contribution in [0.3, 0.4) is 0 Å². The van der Waals surface area contributed by atoms with Crippen LogP contribution < -0.4 is 0 Å². The lowest BCUT2D eigenvalue weighted by molar-refractivity contribution is -0.134. The summed E-state index contributed by atoms with van der Waals surface area (Å²) in [6.45, 7) is 8.30. The van der Waals surface area contributed by atoms with Gasteiger partial charge in [-0.2, -0.15) is 0 Å². The first kappa shape index (κ1) is 33.9. The van der Waals surface area contributed by atoms with Gasteiger partial charge in [-0.3, -0.25) is 9.69 Å². The summed E-state index contributed by atoms with van der Waals surface area (Å²) in [5.74, 6) is 0.374. The van der Waals surface area contributed by atoms with Crippen molar-refractivity contribution in [3.63, 3.8) is 0 Å². The first-order valence-electron chi connectivity index (χ1n) is 17.3. The van der Waals surface area contributed by atoms with Crippen molar-refractivity contribution in [2.75, 3.05) is 19.6 Å². The van der Waals surface area contributed by atoms with Crippen LogP contribution in [-0.2, 0) is 11.3 Å². The van der Waals surface area contributed by atoms with Crippen LogP contribution >= 0.6 is 0 Å². The Hall–Kier alpha value is -1.35. The molecule has 1 fully saturated rings. The van der Waals surface area contributed by atoms with Gasteiger partial charge in [0.05, 0.1) is 0 Å². The predicted octanol–water partition coefficient (Wildman–Crippen LogP) is 10.3. The Morgan fingerprint density at radius 2 is 1.08 bits per heavy atom. The molecule has 1 aromatic rings. The highest BCUT2D eigenvalue weighted by molar-refractivity contribution is 5.76. The summed E-state index contributed by atoms with van der Waals surface area (Å²) >= 11 is 0. The molecule has 0 saturated carbocycles. The minimum atomic E-state index is 0.374. The maximum atomic E-state index is 12.7. The van der Waals surface area contributed by atoms with Gasteiger partial charge in [-0.25, -0.2) is 0 Å². The van der Waals surface area contributed by atoms with E-state index in [4.69, 9.17) is 0 Å². The molecule has 1 heterocycles. The van der Waals surface area contributed by atoms with Crippen molar-refractivity contribution in [3.05, 3.63) is 35.9 Å². The maximum Gasteiger partial charge on any atom is 0.222 e. The topological polar surface area (TPSA) is 23.6 Å². The van der Waals surface area contributed by atoms with Crippen LogP contribution in [-0.4, -0.2) is 41.4 Å². The highest BCUT2D eigenvalue weighted by Crippen LogP contribution is 2.17. The quantitative estimate of drug-likeness (QED) is 0.122. The van der Waals surface area contributed by atoms with Crippen LogP contribution in [0.2, 0.25) is 0 Å². The van der Waals surface area contributed by atoms with E-state index in [0.717, 1.165) is 39.0 Å².